The molecule has 0 aliphatic rings. The standard InChI is InChI=1S/C17H18O2/c1-2-16(18)13-19-17(14-9-5-3-6-10-14)15-11-7-4-8-12-15/h3-12,17H,2,13H2,1H3. The van der Waals surface area contributed by atoms with Crippen LogP contribution >= 0.6 is 0 Å². The normalized spacial score (nSPS) is 10.6. The molecule has 0 saturated heterocycles. The predicted molar refractivity (Wildman–Crippen MR) is 76.0 cm³/mol. The highest BCUT2D eigenvalue weighted by atomic mass is 16.5. The van der Waals surface area contributed by atoms with Crippen LogP contribution in [0.25, 0.3) is 0 Å². The van der Waals surface area contributed by atoms with E-state index in [-0.39, 0.29) is 18.5 Å². The lowest BCUT2D eigenvalue weighted by Crippen LogP contribution is -2.13. The Morgan fingerprint density at radius 3 is 1.84 bits per heavy atom. The van der Waals surface area contributed by atoms with Gasteiger partial charge in [-0.1, -0.05) is 67.6 Å². The molecule has 0 amide bonds. The van der Waals surface area contributed by atoms with Crippen molar-refractivity contribution in [3.05, 3.63) is 71.8 Å². The maximum absolute atomic E-state index is 11.5. The summed E-state index contributed by atoms with van der Waals surface area (Å²) in [6.07, 6.45) is 0.328. The molecule has 2 nitrogen and oxygen atoms in total. The molecule has 0 aromatic heterocycles. The third-order valence-corrected chi connectivity index (χ3v) is 3.01. The van der Waals surface area contributed by atoms with Gasteiger partial charge in [-0.3, -0.25) is 4.79 Å². The summed E-state index contributed by atoms with van der Waals surface area (Å²) in [4.78, 5) is 11.5. The third kappa shape index (κ3) is 3.76. The highest BCUT2D eigenvalue weighted by Gasteiger charge is 2.15. The Morgan fingerprint density at radius 1 is 0.947 bits per heavy atom. The number of ether oxygens (including phenoxy) is 1. The molecule has 2 aromatic rings. The van der Waals surface area contributed by atoms with Gasteiger partial charge in [-0.05, 0) is 11.1 Å². The first kappa shape index (κ1) is 13.5. The second-order valence-corrected chi connectivity index (χ2v) is 4.40. The molecule has 0 aliphatic carbocycles. The highest BCUT2D eigenvalue weighted by molar-refractivity contribution is 5.79. The lowest BCUT2D eigenvalue weighted by atomic mass is 10.0. The summed E-state index contributed by atoms with van der Waals surface area (Å²) in [5, 5.41) is 0. The van der Waals surface area contributed by atoms with Gasteiger partial charge in [0.05, 0.1) is 0 Å². The molecule has 0 heterocycles. The van der Waals surface area contributed by atoms with E-state index in [9.17, 15) is 4.79 Å². The minimum Gasteiger partial charge on any atom is -0.361 e. The number of ketones is 1. The van der Waals surface area contributed by atoms with Crippen LogP contribution in [0.1, 0.15) is 30.6 Å². The Balaban J connectivity index is 2.21. The number of rotatable bonds is 6. The van der Waals surface area contributed by atoms with Crippen LogP contribution in [0.2, 0.25) is 0 Å². The summed E-state index contributed by atoms with van der Waals surface area (Å²) in [6, 6.07) is 20.0. The van der Waals surface area contributed by atoms with Gasteiger partial charge in [0.15, 0.2) is 5.78 Å². The average molecular weight is 254 g/mol. The smallest absolute Gasteiger partial charge is 0.158 e. The molecule has 2 heteroatoms. The van der Waals surface area contributed by atoms with Crippen molar-refractivity contribution in [1.29, 1.82) is 0 Å². The molecule has 2 aromatic carbocycles. The van der Waals surface area contributed by atoms with E-state index >= 15 is 0 Å². The van der Waals surface area contributed by atoms with E-state index in [4.69, 9.17) is 4.74 Å². The first-order valence-electron chi connectivity index (χ1n) is 6.54. The Kier molecular flexibility index (Phi) is 4.87. The Morgan fingerprint density at radius 2 is 1.42 bits per heavy atom. The van der Waals surface area contributed by atoms with Crippen LogP contribution in [0.4, 0.5) is 0 Å². The van der Waals surface area contributed by atoms with Crippen molar-refractivity contribution >= 4 is 5.78 Å². The van der Waals surface area contributed by atoms with E-state index in [1.54, 1.807) is 0 Å². The molecule has 2 rings (SSSR count). The van der Waals surface area contributed by atoms with Gasteiger partial charge >= 0.3 is 0 Å². The highest BCUT2D eigenvalue weighted by Crippen LogP contribution is 2.25. The van der Waals surface area contributed by atoms with Crippen molar-refractivity contribution < 1.29 is 9.53 Å². The largest absolute Gasteiger partial charge is 0.361 e. The SMILES string of the molecule is CCC(=O)COC(c1ccccc1)c1ccccc1. The molecule has 0 bridgehead atoms. The molecule has 0 N–H and O–H groups in total. The monoisotopic (exact) mass is 254 g/mol. The summed E-state index contributed by atoms with van der Waals surface area (Å²) in [5.74, 6) is 0.122. The summed E-state index contributed by atoms with van der Waals surface area (Å²) in [7, 11) is 0. The molecule has 0 atom stereocenters. The quantitative estimate of drug-likeness (QED) is 0.784. The van der Waals surface area contributed by atoms with Crippen molar-refractivity contribution in [2.24, 2.45) is 0 Å². The lowest BCUT2D eigenvalue weighted by molar-refractivity contribution is -0.124. The molecule has 0 aliphatic heterocycles. The summed E-state index contributed by atoms with van der Waals surface area (Å²) in [6.45, 7) is 2.01. The van der Waals surface area contributed by atoms with Crippen LogP contribution in [0.15, 0.2) is 60.7 Å². The fourth-order valence-electron chi connectivity index (χ4n) is 1.92. The number of benzene rings is 2. The van der Waals surface area contributed by atoms with Crippen LogP contribution in [0.3, 0.4) is 0 Å². The fourth-order valence-corrected chi connectivity index (χ4v) is 1.92. The number of hydrogen-bond acceptors (Lipinski definition) is 2. The fraction of sp³-hybridized carbons (Fsp3) is 0.235. The van der Waals surface area contributed by atoms with E-state index in [0.717, 1.165) is 11.1 Å². The Bertz CT molecular complexity index is 466. The van der Waals surface area contributed by atoms with Gasteiger partial charge < -0.3 is 4.74 Å². The van der Waals surface area contributed by atoms with E-state index in [1.165, 1.54) is 0 Å². The molecule has 0 saturated carbocycles. The van der Waals surface area contributed by atoms with Crippen molar-refractivity contribution in [3.63, 3.8) is 0 Å². The van der Waals surface area contributed by atoms with Crippen LogP contribution in [-0.2, 0) is 9.53 Å². The number of carbonyl (C=O) groups is 1. The number of hydrogen-bond donors (Lipinski definition) is 0. The van der Waals surface area contributed by atoms with Gasteiger partial charge in [0.1, 0.15) is 12.7 Å². The van der Waals surface area contributed by atoms with Crippen molar-refractivity contribution in [2.75, 3.05) is 6.61 Å². The van der Waals surface area contributed by atoms with Crippen molar-refractivity contribution in [2.45, 2.75) is 19.4 Å². The average Bonchev–Trinajstić information content (AvgIpc) is 2.49. The van der Waals surface area contributed by atoms with Gasteiger partial charge in [0, 0.05) is 6.42 Å². The van der Waals surface area contributed by atoms with Gasteiger partial charge in [0.2, 0.25) is 0 Å². The molecule has 0 radical (unpaired) electrons. The summed E-state index contributed by atoms with van der Waals surface area (Å²) >= 11 is 0. The molecular weight excluding hydrogens is 236 g/mol. The molecule has 0 spiro atoms. The van der Waals surface area contributed by atoms with Crippen molar-refractivity contribution in [3.8, 4) is 0 Å². The Labute approximate surface area is 114 Å². The molecule has 0 unspecified atom stereocenters. The van der Waals surface area contributed by atoms with Crippen LogP contribution < -0.4 is 0 Å². The van der Waals surface area contributed by atoms with Gasteiger partial charge in [-0.25, -0.2) is 0 Å². The minimum absolute atomic E-state index is 0.122. The maximum atomic E-state index is 11.5. The van der Waals surface area contributed by atoms with Crippen molar-refractivity contribution in [1.82, 2.24) is 0 Å². The minimum atomic E-state index is -0.183. The molecule has 98 valence electrons. The zero-order chi connectivity index (χ0) is 13.5. The lowest BCUT2D eigenvalue weighted by Gasteiger charge is -2.18. The Hall–Kier alpha value is -1.93. The molecular formula is C17H18O2. The van der Waals surface area contributed by atoms with Crippen LogP contribution in [0, 0.1) is 0 Å². The first-order valence-corrected chi connectivity index (χ1v) is 6.54. The predicted octanol–water partition coefficient (Wildman–Crippen LogP) is 3.77. The van der Waals surface area contributed by atoms with Gasteiger partial charge in [0.25, 0.3) is 0 Å². The topological polar surface area (TPSA) is 26.3 Å². The third-order valence-electron chi connectivity index (χ3n) is 3.01. The van der Waals surface area contributed by atoms with Crippen LogP contribution in [0.5, 0.6) is 0 Å². The van der Waals surface area contributed by atoms with E-state index in [2.05, 4.69) is 0 Å². The zero-order valence-electron chi connectivity index (χ0n) is 11.1. The van der Waals surface area contributed by atoms with E-state index in [1.807, 2.05) is 67.6 Å². The van der Waals surface area contributed by atoms with Gasteiger partial charge in [-0.15, -0.1) is 0 Å². The summed E-state index contributed by atoms with van der Waals surface area (Å²) in [5.41, 5.74) is 2.13. The van der Waals surface area contributed by atoms with E-state index < -0.39 is 0 Å². The second-order valence-electron chi connectivity index (χ2n) is 4.40. The first-order chi connectivity index (χ1) is 9.31. The maximum Gasteiger partial charge on any atom is 0.158 e. The summed E-state index contributed by atoms with van der Waals surface area (Å²) < 4.78 is 5.82. The molecule has 19 heavy (non-hydrogen) atoms. The van der Waals surface area contributed by atoms with E-state index in [0.29, 0.717) is 6.42 Å². The number of carbonyl (C=O) groups excluding carboxylic acids is 1. The van der Waals surface area contributed by atoms with Gasteiger partial charge in [-0.2, -0.15) is 0 Å². The van der Waals surface area contributed by atoms with Crippen LogP contribution in [-0.4, -0.2) is 12.4 Å². The second kappa shape index (κ2) is 6.86. The molecule has 0 fully saturated rings. The number of Topliss-reactive ketones (excluding diaryl/α,β-unsaturated/α-hetero) is 1. The zero-order valence-corrected chi connectivity index (χ0v) is 11.1.